The van der Waals surface area contributed by atoms with Crippen molar-refractivity contribution in [1.29, 1.82) is 0 Å². The number of methoxy groups -OCH3 is 1. The zero-order valence-corrected chi connectivity index (χ0v) is 10.4. The lowest BCUT2D eigenvalue weighted by Gasteiger charge is -2.36. The highest BCUT2D eigenvalue weighted by molar-refractivity contribution is 5.91. The lowest BCUT2D eigenvalue weighted by atomic mass is 9.87. The molecule has 8 heteroatoms. The van der Waals surface area contributed by atoms with Gasteiger partial charge in [-0.25, -0.2) is 4.79 Å². The highest BCUT2D eigenvalue weighted by Crippen LogP contribution is 2.47. The second-order valence-corrected chi connectivity index (χ2v) is 4.75. The Morgan fingerprint density at radius 3 is 2.74 bits per heavy atom. The third kappa shape index (κ3) is 2.07. The van der Waals surface area contributed by atoms with Gasteiger partial charge in [0, 0.05) is 5.71 Å². The molecule has 2 atom stereocenters. The SMILES string of the molecule is COC(=O)N1N=C2CCCCC[C@H]2[C@@]1(O)C(F)(F)F. The Morgan fingerprint density at radius 1 is 1.47 bits per heavy atom. The summed E-state index contributed by atoms with van der Waals surface area (Å²) in [4.78, 5) is 11.4. The first-order chi connectivity index (χ1) is 8.82. The summed E-state index contributed by atoms with van der Waals surface area (Å²) in [5.41, 5.74) is -3.07. The molecule has 0 bridgehead atoms. The quantitative estimate of drug-likeness (QED) is 0.740. The van der Waals surface area contributed by atoms with Gasteiger partial charge in [-0.3, -0.25) is 0 Å². The molecule has 1 saturated carbocycles. The molecular weight excluding hydrogens is 265 g/mol. The standard InChI is InChI=1S/C11H15F3N2O3/c1-19-9(17)16-10(18,11(12,13)14)7-5-3-2-4-6-8(7)15-16/h7,18H,2-6H2,1H3/t7-,10-/m1/s1. The number of halogens is 3. The van der Waals surface area contributed by atoms with Crippen LogP contribution in [0.15, 0.2) is 5.10 Å². The summed E-state index contributed by atoms with van der Waals surface area (Å²) < 4.78 is 43.9. The van der Waals surface area contributed by atoms with Crippen LogP contribution in [0, 0.1) is 5.92 Å². The number of ether oxygens (including phenoxy) is 1. The topological polar surface area (TPSA) is 62.1 Å². The van der Waals surface area contributed by atoms with Gasteiger partial charge >= 0.3 is 12.3 Å². The van der Waals surface area contributed by atoms with Gasteiger partial charge < -0.3 is 9.84 Å². The Balaban J connectivity index is 2.44. The molecule has 0 spiro atoms. The molecule has 1 aliphatic heterocycles. The van der Waals surface area contributed by atoms with Crippen molar-refractivity contribution in [2.45, 2.75) is 44.0 Å². The van der Waals surface area contributed by atoms with Crippen LogP contribution in [0.5, 0.6) is 0 Å². The third-order valence-electron chi connectivity index (χ3n) is 3.63. The molecule has 19 heavy (non-hydrogen) atoms. The molecule has 0 aromatic carbocycles. The van der Waals surface area contributed by atoms with Gasteiger partial charge in [0.1, 0.15) is 0 Å². The van der Waals surface area contributed by atoms with E-state index in [4.69, 9.17) is 0 Å². The van der Waals surface area contributed by atoms with E-state index in [0.717, 1.165) is 13.5 Å². The summed E-state index contributed by atoms with van der Waals surface area (Å²) in [5.74, 6) is -1.20. The normalized spacial score (nSPS) is 31.5. The number of hydrogen-bond donors (Lipinski definition) is 1. The summed E-state index contributed by atoms with van der Waals surface area (Å²) in [5, 5.41) is 13.8. The van der Waals surface area contributed by atoms with Crippen LogP contribution >= 0.6 is 0 Å². The molecule has 0 saturated heterocycles. The van der Waals surface area contributed by atoms with Gasteiger partial charge in [0.2, 0.25) is 0 Å². The Hall–Kier alpha value is -1.31. The van der Waals surface area contributed by atoms with Crippen LogP contribution in [0.3, 0.4) is 0 Å². The molecule has 1 aliphatic carbocycles. The van der Waals surface area contributed by atoms with E-state index in [0.29, 0.717) is 19.3 Å². The number of hydrazone groups is 1. The number of carbonyl (C=O) groups is 1. The Kier molecular flexibility index (Phi) is 3.46. The maximum absolute atomic E-state index is 13.2. The second kappa shape index (κ2) is 4.66. The fraction of sp³-hybridized carbons (Fsp3) is 0.818. The van der Waals surface area contributed by atoms with Crippen molar-refractivity contribution in [2.75, 3.05) is 7.11 Å². The third-order valence-corrected chi connectivity index (χ3v) is 3.63. The zero-order valence-electron chi connectivity index (χ0n) is 10.4. The molecular formula is C11H15F3N2O3. The molecule has 5 nitrogen and oxygen atoms in total. The largest absolute Gasteiger partial charge is 0.451 e. The summed E-state index contributed by atoms with van der Waals surface area (Å²) in [6.45, 7) is 0. The highest BCUT2D eigenvalue weighted by atomic mass is 19.4. The molecule has 0 aromatic heterocycles. The predicted molar refractivity (Wildman–Crippen MR) is 59.3 cm³/mol. The fourth-order valence-corrected chi connectivity index (χ4v) is 2.66. The summed E-state index contributed by atoms with van der Waals surface area (Å²) in [7, 11) is 0.952. The van der Waals surface area contributed by atoms with Crippen LogP contribution < -0.4 is 0 Å². The molecule has 108 valence electrons. The van der Waals surface area contributed by atoms with E-state index in [2.05, 4.69) is 9.84 Å². The van der Waals surface area contributed by atoms with Crippen LogP contribution in [0.2, 0.25) is 0 Å². The van der Waals surface area contributed by atoms with Crippen molar-refractivity contribution in [3.8, 4) is 0 Å². The van der Waals surface area contributed by atoms with Crippen molar-refractivity contribution < 1.29 is 27.8 Å². The first-order valence-electron chi connectivity index (χ1n) is 6.07. The number of alkyl halides is 3. The first kappa shape index (κ1) is 14.1. The van der Waals surface area contributed by atoms with Crippen molar-refractivity contribution in [2.24, 2.45) is 11.0 Å². The monoisotopic (exact) mass is 280 g/mol. The molecule has 1 heterocycles. The van der Waals surface area contributed by atoms with Crippen molar-refractivity contribution in [3.63, 3.8) is 0 Å². The Labute approximate surface area is 108 Å². The Bertz CT molecular complexity index is 410. The molecule has 1 amide bonds. The average Bonchev–Trinajstić information content (AvgIpc) is 2.53. The van der Waals surface area contributed by atoms with Crippen molar-refractivity contribution in [3.05, 3.63) is 0 Å². The minimum absolute atomic E-state index is 0.0400. The molecule has 0 aromatic rings. The van der Waals surface area contributed by atoms with Gasteiger partial charge in [0.25, 0.3) is 5.72 Å². The highest BCUT2D eigenvalue weighted by Gasteiger charge is 2.68. The molecule has 0 radical (unpaired) electrons. The van der Waals surface area contributed by atoms with E-state index in [1.54, 1.807) is 0 Å². The van der Waals surface area contributed by atoms with E-state index in [9.17, 15) is 23.1 Å². The maximum Gasteiger partial charge on any atom is 0.439 e. The number of aliphatic hydroxyl groups is 1. The van der Waals surface area contributed by atoms with E-state index < -0.39 is 23.9 Å². The predicted octanol–water partition coefficient (Wildman–Crippen LogP) is 2.26. The van der Waals surface area contributed by atoms with Crippen molar-refractivity contribution >= 4 is 11.8 Å². The molecule has 2 rings (SSSR count). The van der Waals surface area contributed by atoms with Crippen LogP contribution in [0.1, 0.15) is 32.1 Å². The van der Waals surface area contributed by atoms with E-state index in [1.807, 2.05) is 0 Å². The van der Waals surface area contributed by atoms with Crippen LogP contribution in [-0.4, -0.2) is 40.9 Å². The summed E-state index contributed by atoms with van der Waals surface area (Å²) >= 11 is 0. The van der Waals surface area contributed by atoms with Crippen LogP contribution in [0.4, 0.5) is 18.0 Å². The maximum atomic E-state index is 13.2. The zero-order chi connectivity index (χ0) is 14.3. The number of fused-ring (bicyclic) bond motifs is 1. The second-order valence-electron chi connectivity index (χ2n) is 4.75. The van der Waals surface area contributed by atoms with Crippen LogP contribution in [0.25, 0.3) is 0 Å². The number of hydrogen-bond acceptors (Lipinski definition) is 4. The number of carbonyl (C=O) groups excluding carboxylic acids is 1. The summed E-state index contributed by atoms with van der Waals surface area (Å²) in [6, 6.07) is 0. The number of amides is 1. The molecule has 1 fully saturated rings. The van der Waals surface area contributed by atoms with Gasteiger partial charge in [-0.2, -0.15) is 23.3 Å². The van der Waals surface area contributed by atoms with E-state index in [1.165, 1.54) is 0 Å². The number of nitrogens with zero attached hydrogens (tertiary/aromatic N) is 2. The number of rotatable bonds is 0. The molecule has 0 unspecified atom stereocenters. The fourth-order valence-electron chi connectivity index (χ4n) is 2.66. The average molecular weight is 280 g/mol. The van der Waals surface area contributed by atoms with Gasteiger partial charge in [-0.1, -0.05) is 12.8 Å². The van der Waals surface area contributed by atoms with E-state index in [-0.39, 0.29) is 17.1 Å². The van der Waals surface area contributed by atoms with E-state index >= 15 is 0 Å². The van der Waals surface area contributed by atoms with Crippen molar-refractivity contribution in [1.82, 2.24) is 5.01 Å². The smallest absolute Gasteiger partial charge is 0.439 e. The minimum Gasteiger partial charge on any atom is -0.451 e. The van der Waals surface area contributed by atoms with Crippen LogP contribution in [-0.2, 0) is 4.74 Å². The minimum atomic E-state index is -4.98. The van der Waals surface area contributed by atoms with Gasteiger partial charge in [-0.15, -0.1) is 0 Å². The van der Waals surface area contributed by atoms with Gasteiger partial charge in [0.15, 0.2) is 0 Å². The molecule has 1 N–H and O–H groups in total. The lowest BCUT2D eigenvalue weighted by Crippen LogP contribution is -2.61. The Morgan fingerprint density at radius 2 is 2.16 bits per heavy atom. The lowest BCUT2D eigenvalue weighted by molar-refractivity contribution is -0.314. The van der Waals surface area contributed by atoms with Gasteiger partial charge in [0.05, 0.1) is 13.0 Å². The first-order valence-corrected chi connectivity index (χ1v) is 6.07. The summed E-state index contributed by atoms with van der Waals surface area (Å²) in [6.07, 6.45) is -3.71. The molecule has 2 aliphatic rings. The van der Waals surface area contributed by atoms with Gasteiger partial charge in [-0.05, 0) is 19.3 Å².